The summed E-state index contributed by atoms with van der Waals surface area (Å²) in [6.45, 7) is 0.00219. The highest BCUT2D eigenvalue weighted by molar-refractivity contribution is 6.33. The van der Waals surface area contributed by atoms with Crippen molar-refractivity contribution >= 4 is 23.1 Å². The van der Waals surface area contributed by atoms with Crippen LogP contribution in [-0.4, -0.2) is 18.4 Å². The van der Waals surface area contributed by atoms with Crippen molar-refractivity contribution < 1.29 is 18.0 Å². The van der Waals surface area contributed by atoms with Crippen LogP contribution < -0.4 is 11.1 Å². The first-order valence-electron chi connectivity index (χ1n) is 6.22. The van der Waals surface area contributed by atoms with E-state index >= 15 is 0 Å². The number of Topliss-reactive ketones (excluding diaryl/α,β-unsaturated/α-hetero) is 1. The molecule has 0 aromatic heterocycles. The van der Waals surface area contributed by atoms with Gasteiger partial charge in [0.25, 0.3) is 0 Å². The van der Waals surface area contributed by atoms with Crippen LogP contribution in [0.15, 0.2) is 12.1 Å². The van der Waals surface area contributed by atoms with Crippen molar-refractivity contribution in [3.63, 3.8) is 0 Å². The molecule has 3 N–H and O–H groups in total. The zero-order valence-corrected chi connectivity index (χ0v) is 11.3. The third-order valence-electron chi connectivity index (χ3n) is 3.41. The normalized spacial score (nSPS) is 16.0. The molecular formula is C13H14ClF3N2O. The summed E-state index contributed by atoms with van der Waals surface area (Å²) in [7, 11) is 0. The highest BCUT2D eigenvalue weighted by atomic mass is 35.5. The molecule has 20 heavy (non-hydrogen) atoms. The number of carbonyl (C=O) groups is 1. The lowest BCUT2D eigenvalue weighted by atomic mass is 9.93. The van der Waals surface area contributed by atoms with E-state index in [1.807, 2.05) is 0 Å². The highest BCUT2D eigenvalue weighted by Crippen LogP contribution is 2.37. The number of benzene rings is 1. The van der Waals surface area contributed by atoms with Gasteiger partial charge in [-0.1, -0.05) is 18.0 Å². The molecule has 0 aliphatic heterocycles. The molecule has 0 spiro atoms. The second kappa shape index (κ2) is 5.61. The minimum absolute atomic E-state index is 0.00219. The molecule has 2 rings (SSSR count). The van der Waals surface area contributed by atoms with Crippen molar-refractivity contribution in [3.05, 3.63) is 28.3 Å². The third-order valence-corrected chi connectivity index (χ3v) is 3.73. The number of rotatable bonds is 4. The molecule has 0 unspecified atom stereocenters. The van der Waals surface area contributed by atoms with Crippen molar-refractivity contribution in [1.29, 1.82) is 0 Å². The molecule has 3 nitrogen and oxygen atoms in total. The molecule has 0 atom stereocenters. The van der Waals surface area contributed by atoms with Gasteiger partial charge < -0.3 is 11.1 Å². The second-order valence-corrected chi connectivity index (χ2v) is 5.26. The van der Waals surface area contributed by atoms with Gasteiger partial charge in [0, 0.05) is 11.6 Å². The van der Waals surface area contributed by atoms with Crippen LogP contribution in [0, 0.1) is 0 Å². The van der Waals surface area contributed by atoms with Crippen molar-refractivity contribution in [2.45, 2.75) is 31.5 Å². The maximum Gasteiger partial charge on any atom is 0.418 e. The van der Waals surface area contributed by atoms with Gasteiger partial charge in [-0.3, -0.25) is 4.79 Å². The fourth-order valence-electron chi connectivity index (χ4n) is 1.96. The molecule has 1 aromatic rings. The predicted octanol–water partition coefficient (Wildman–Crippen LogP) is 3.27. The van der Waals surface area contributed by atoms with Crippen LogP contribution in [-0.2, 0) is 6.18 Å². The average molecular weight is 307 g/mol. The highest BCUT2D eigenvalue weighted by Gasteiger charge is 2.34. The molecule has 7 heteroatoms. The molecule has 0 bridgehead atoms. The molecule has 110 valence electrons. The van der Waals surface area contributed by atoms with Crippen LogP contribution in [0.1, 0.15) is 35.2 Å². The molecule has 1 saturated carbocycles. The van der Waals surface area contributed by atoms with Crippen LogP contribution in [0.5, 0.6) is 0 Å². The van der Waals surface area contributed by atoms with E-state index < -0.39 is 23.2 Å². The van der Waals surface area contributed by atoms with Crippen molar-refractivity contribution in [2.75, 3.05) is 12.3 Å². The third kappa shape index (κ3) is 3.24. The molecule has 0 radical (unpaired) electrons. The Bertz CT molecular complexity index is 527. The first-order valence-corrected chi connectivity index (χ1v) is 6.59. The first kappa shape index (κ1) is 15.1. The van der Waals surface area contributed by atoms with Gasteiger partial charge in [-0.05, 0) is 25.0 Å². The number of halogens is 4. The summed E-state index contributed by atoms with van der Waals surface area (Å²) in [6, 6.07) is 2.22. The Labute approximate surface area is 119 Å². The zero-order chi connectivity index (χ0) is 14.9. The molecule has 1 aromatic carbocycles. The topological polar surface area (TPSA) is 55.1 Å². The number of hydrogen-bond acceptors (Lipinski definition) is 3. The first-order chi connectivity index (χ1) is 9.29. The average Bonchev–Trinajstić information content (AvgIpc) is 2.28. The summed E-state index contributed by atoms with van der Waals surface area (Å²) in [5.74, 6) is -0.427. The molecule has 1 fully saturated rings. The van der Waals surface area contributed by atoms with E-state index in [4.69, 9.17) is 17.3 Å². The summed E-state index contributed by atoms with van der Waals surface area (Å²) in [5, 5.41) is 2.75. The minimum atomic E-state index is -4.63. The van der Waals surface area contributed by atoms with E-state index in [-0.39, 0.29) is 23.2 Å². The van der Waals surface area contributed by atoms with Gasteiger partial charge in [-0.2, -0.15) is 13.2 Å². The van der Waals surface area contributed by atoms with E-state index in [1.165, 1.54) is 6.07 Å². The Morgan fingerprint density at radius 3 is 2.55 bits per heavy atom. The van der Waals surface area contributed by atoms with Gasteiger partial charge in [0.05, 0.1) is 22.8 Å². The molecule has 1 aliphatic rings. The molecule has 0 amide bonds. The largest absolute Gasteiger partial charge is 0.418 e. The Hall–Kier alpha value is -1.27. The maximum atomic E-state index is 12.8. The number of nitrogens with two attached hydrogens (primary N) is 1. The number of carbonyl (C=O) groups excluding carboxylic acids is 1. The van der Waals surface area contributed by atoms with Gasteiger partial charge in [-0.25, -0.2) is 0 Å². The summed E-state index contributed by atoms with van der Waals surface area (Å²) in [6.07, 6.45) is -1.55. The minimum Gasteiger partial charge on any atom is -0.397 e. The summed E-state index contributed by atoms with van der Waals surface area (Å²) in [4.78, 5) is 11.9. The van der Waals surface area contributed by atoms with Gasteiger partial charge >= 0.3 is 6.18 Å². The Morgan fingerprint density at radius 2 is 2.05 bits per heavy atom. The standard InChI is InChI=1S/C13H14ClF3N2O/c14-10-5-7(4-9(12(10)18)13(15,16)17)11(20)6-19-8-2-1-3-8/h4-5,8,19H,1-3,6,18H2. The van der Waals surface area contributed by atoms with Crippen molar-refractivity contribution in [3.8, 4) is 0 Å². The van der Waals surface area contributed by atoms with Gasteiger partial charge in [-0.15, -0.1) is 0 Å². The van der Waals surface area contributed by atoms with E-state index in [1.54, 1.807) is 0 Å². The van der Waals surface area contributed by atoms with Crippen LogP contribution in [0.4, 0.5) is 18.9 Å². The molecule has 1 aliphatic carbocycles. The van der Waals surface area contributed by atoms with Crippen LogP contribution in [0.25, 0.3) is 0 Å². The summed E-state index contributed by atoms with van der Waals surface area (Å²) >= 11 is 5.67. The Kier molecular flexibility index (Phi) is 4.25. The number of alkyl halides is 3. The number of ketones is 1. The fraction of sp³-hybridized carbons (Fsp3) is 0.462. The molecule has 0 heterocycles. The van der Waals surface area contributed by atoms with Gasteiger partial charge in [0.1, 0.15) is 0 Å². The second-order valence-electron chi connectivity index (χ2n) is 4.85. The van der Waals surface area contributed by atoms with E-state index in [9.17, 15) is 18.0 Å². The van der Waals surface area contributed by atoms with Crippen molar-refractivity contribution in [1.82, 2.24) is 5.32 Å². The van der Waals surface area contributed by atoms with Gasteiger partial charge in [0.2, 0.25) is 0 Å². The monoisotopic (exact) mass is 306 g/mol. The number of hydrogen-bond donors (Lipinski definition) is 2. The molecular weight excluding hydrogens is 293 g/mol. The van der Waals surface area contributed by atoms with Gasteiger partial charge in [0.15, 0.2) is 5.78 Å². The van der Waals surface area contributed by atoms with E-state index in [0.29, 0.717) is 0 Å². The lowest BCUT2D eigenvalue weighted by molar-refractivity contribution is -0.136. The SMILES string of the molecule is Nc1c(Cl)cc(C(=O)CNC2CCC2)cc1C(F)(F)F. The Balaban J connectivity index is 2.18. The number of anilines is 1. The van der Waals surface area contributed by atoms with Crippen LogP contribution in [0.2, 0.25) is 5.02 Å². The fourth-order valence-corrected chi connectivity index (χ4v) is 2.18. The van der Waals surface area contributed by atoms with Crippen LogP contribution in [0.3, 0.4) is 0 Å². The predicted molar refractivity (Wildman–Crippen MR) is 70.8 cm³/mol. The lowest BCUT2D eigenvalue weighted by Crippen LogP contribution is -2.38. The number of nitrogens with one attached hydrogen (secondary N) is 1. The number of nitrogen functional groups attached to an aromatic ring is 1. The molecule has 0 saturated heterocycles. The maximum absolute atomic E-state index is 12.8. The summed E-state index contributed by atoms with van der Waals surface area (Å²) in [5.41, 5.74) is 3.61. The van der Waals surface area contributed by atoms with E-state index in [2.05, 4.69) is 5.32 Å². The van der Waals surface area contributed by atoms with Crippen LogP contribution >= 0.6 is 11.6 Å². The van der Waals surface area contributed by atoms with Crippen molar-refractivity contribution in [2.24, 2.45) is 0 Å². The lowest BCUT2D eigenvalue weighted by Gasteiger charge is -2.26. The quantitative estimate of drug-likeness (QED) is 0.663. The zero-order valence-electron chi connectivity index (χ0n) is 10.6. The van der Waals surface area contributed by atoms with E-state index in [0.717, 1.165) is 25.3 Å². The Morgan fingerprint density at radius 1 is 1.40 bits per heavy atom. The summed E-state index contributed by atoms with van der Waals surface area (Å²) < 4.78 is 38.4. The smallest absolute Gasteiger partial charge is 0.397 e.